The topological polar surface area (TPSA) is 56.1 Å². The molecule has 1 aromatic carbocycles. The number of nitriles is 1. The molecule has 1 aliphatic heterocycles. The highest BCUT2D eigenvalue weighted by molar-refractivity contribution is 5.94. The number of hydrogen-bond acceptors (Lipinski definition) is 3. The van der Waals surface area contributed by atoms with Gasteiger partial charge in [0.25, 0.3) is 5.91 Å². The second-order valence-corrected chi connectivity index (χ2v) is 5.17. The highest BCUT2D eigenvalue weighted by Crippen LogP contribution is 2.20. The van der Waals surface area contributed by atoms with Crippen LogP contribution in [0.15, 0.2) is 24.3 Å². The Kier molecular flexibility index (Phi) is 4.18. The van der Waals surface area contributed by atoms with Gasteiger partial charge in [0.2, 0.25) is 0 Å². The maximum atomic E-state index is 12.2. The third-order valence-electron chi connectivity index (χ3n) is 3.68. The normalized spacial score (nSPS) is 23.6. The molecule has 0 bridgehead atoms. The van der Waals surface area contributed by atoms with Gasteiger partial charge >= 0.3 is 0 Å². The van der Waals surface area contributed by atoms with Crippen molar-refractivity contribution in [3.8, 4) is 6.07 Å². The summed E-state index contributed by atoms with van der Waals surface area (Å²) in [6, 6.07) is 9.54. The minimum Gasteiger partial charge on any atom is -0.284 e. The zero-order valence-corrected chi connectivity index (χ0v) is 11.4. The van der Waals surface area contributed by atoms with Crippen molar-refractivity contribution in [2.24, 2.45) is 0 Å². The molecule has 1 amide bonds. The lowest BCUT2D eigenvalue weighted by molar-refractivity contribution is 0.0370. The molecular formula is C15H19N3O. The van der Waals surface area contributed by atoms with Gasteiger partial charge < -0.3 is 0 Å². The smallest absolute Gasteiger partial charge is 0.265 e. The Hall–Kier alpha value is -1.86. The molecule has 0 aliphatic carbocycles. The number of rotatable bonds is 2. The summed E-state index contributed by atoms with van der Waals surface area (Å²) in [5, 5.41) is 10.9. The summed E-state index contributed by atoms with van der Waals surface area (Å²) >= 11 is 0. The summed E-state index contributed by atoms with van der Waals surface area (Å²) in [6.07, 6.45) is 3.41. The van der Waals surface area contributed by atoms with Crippen LogP contribution in [-0.2, 0) is 0 Å². The van der Waals surface area contributed by atoms with Gasteiger partial charge in [-0.1, -0.05) is 12.5 Å². The Morgan fingerprint density at radius 1 is 1.37 bits per heavy atom. The third-order valence-corrected chi connectivity index (χ3v) is 3.68. The van der Waals surface area contributed by atoms with Crippen molar-refractivity contribution in [1.29, 1.82) is 5.26 Å². The molecule has 100 valence electrons. The monoisotopic (exact) mass is 257 g/mol. The lowest BCUT2D eigenvalue weighted by atomic mass is 10.00. The van der Waals surface area contributed by atoms with Crippen molar-refractivity contribution in [2.45, 2.75) is 45.2 Å². The fraction of sp³-hybridized carbons (Fsp3) is 0.467. The van der Waals surface area contributed by atoms with Gasteiger partial charge in [-0.2, -0.15) is 5.26 Å². The Balaban J connectivity index is 2.09. The largest absolute Gasteiger partial charge is 0.284 e. The quantitative estimate of drug-likeness (QED) is 0.885. The highest BCUT2D eigenvalue weighted by atomic mass is 16.2. The average molecular weight is 257 g/mol. The van der Waals surface area contributed by atoms with Crippen molar-refractivity contribution in [1.82, 2.24) is 10.4 Å². The predicted octanol–water partition coefficient (Wildman–Crippen LogP) is 2.47. The van der Waals surface area contributed by atoms with Crippen LogP contribution in [0.1, 0.15) is 49.0 Å². The van der Waals surface area contributed by atoms with E-state index in [0.717, 1.165) is 12.8 Å². The lowest BCUT2D eigenvalue weighted by Gasteiger charge is -2.38. The molecule has 1 N–H and O–H groups in total. The molecule has 2 atom stereocenters. The van der Waals surface area contributed by atoms with Crippen LogP contribution in [0.4, 0.5) is 0 Å². The molecule has 2 rings (SSSR count). The average Bonchev–Trinajstić information content (AvgIpc) is 2.43. The molecule has 0 saturated carbocycles. The molecule has 0 aromatic heterocycles. The van der Waals surface area contributed by atoms with Gasteiger partial charge in [-0.3, -0.25) is 10.2 Å². The molecule has 1 saturated heterocycles. The fourth-order valence-electron chi connectivity index (χ4n) is 2.55. The number of nitrogens with zero attached hydrogens (tertiary/aromatic N) is 2. The van der Waals surface area contributed by atoms with E-state index in [0.29, 0.717) is 23.2 Å². The van der Waals surface area contributed by atoms with E-state index in [1.807, 2.05) is 11.1 Å². The van der Waals surface area contributed by atoms with Crippen LogP contribution in [0.25, 0.3) is 0 Å². The zero-order chi connectivity index (χ0) is 13.8. The van der Waals surface area contributed by atoms with Crippen molar-refractivity contribution >= 4 is 5.91 Å². The summed E-state index contributed by atoms with van der Waals surface area (Å²) in [5.74, 6) is -0.141. The molecule has 4 heteroatoms. The van der Waals surface area contributed by atoms with Crippen LogP contribution in [0.3, 0.4) is 0 Å². The first-order chi connectivity index (χ1) is 9.11. The van der Waals surface area contributed by atoms with E-state index < -0.39 is 0 Å². The lowest BCUT2D eigenvalue weighted by Crippen LogP contribution is -2.54. The van der Waals surface area contributed by atoms with Gasteiger partial charge in [-0.15, -0.1) is 0 Å². The number of carbonyl (C=O) groups excluding carboxylic acids is 1. The molecule has 4 nitrogen and oxygen atoms in total. The van der Waals surface area contributed by atoms with Crippen molar-refractivity contribution < 1.29 is 4.79 Å². The number of benzene rings is 1. The van der Waals surface area contributed by atoms with Gasteiger partial charge in [0.1, 0.15) is 0 Å². The van der Waals surface area contributed by atoms with E-state index in [2.05, 4.69) is 19.3 Å². The molecule has 0 radical (unpaired) electrons. The molecular weight excluding hydrogens is 238 g/mol. The summed E-state index contributed by atoms with van der Waals surface area (Å²) in [4.78, 5) is 12.2. The predicted molar refractivity (Wildman–Crippen MR) is 73.2 cm³/mol. The van der Waals surface area contributed by atoms with Crippen molar-refractivity contribution in [3.63, 3.8) is 0 Å². The van der Waals surface area contributed by atoms with Crippen LogP contribution in [0.2, 0.25) is 0 Å². The van der Waals surface area contributed by atoms with E-state index in [1.54, 1.807) is 24.3 Å². The van der Waals surface area contributed by atoms with Gasteiger partial charge in [0.05, 0.1) is 11.6 Å². The second-order valence-electron chi connectivity index (χ2n) is 5.17. The molecule has 19 heavy (non-hydrogen) atoms. The van der Waals surface area contributed by atoms with Crippen molar-refractivity contribution in [3.05, 3.63) is 35.4 Å². The number of nitrogens with one attached hydrogen (secondary N) is 1. The summed E-state index contributed by atoms with van der Waals surface area (Å²) in [5.41, 5.74) is 4.01. The Bertz CT molecular complexity index is 496. The third kappa shape index (κ3) is 3.12. The number of carbonyl (C=O) groups is 1. The van der Waals surface area contributed by atoms with E-state index in [1.165, 1.54) is 6.42 Å². The van der Waals surface area contributed by atoms with Crippen LogP contribution in [-0.4, -0.2) is 23.0 Å². The number of amides is 1. The molecule has 1 aromatic rings. The number of hydrazine groups is 1. The molecule has 1 fully saturated rings. The van der Waals surface area contributed by atoms with Crippen LogP contribution in [0, 0.1) is 11.3 Å². The molecule has 2 unspecified atom stereocenters. The first-order valence-electron chi connectivity index (χ1n) is 6.71. The van der Waals surface area contributed by atoms with Crippen molar-refractivity contribution in [2.75, 3.05) is 0 Å². The SMILES string of the molecule is CC1CCCC(C)N1NC(=O)c1cccc(C#N)c1. The van der Waals surface area contributed by atoms with Gasteiger partial charge in [0.15, 0.2) is 0 Å². The first kappa shape index (κ1) is 13.6. The molecule has 0 spiro atoms. The van der Waals surface area contributed by atoms with E-state index >= 15 is 0 Å². The molecule has 1 aliphatic rings. The Morgan fingerprint density at radius 2 is 2.05 bits per heavy atom. The minimum absolute atomic E-state index is 0.141. The fourth-order valence-corrected chi connectivity index (χ4v) is 2.55. The van der Waals surface area contributed by atoms with Gasteiger partial charge in [0, 0.05) is 17.6 Å². The maximum absolute atomic E-state index is 12.2. The van der Waals surface area contributed by atoms with Gasteiger partial charge in [-0.05, 0) is 44.9 Å². The second kappa shape index (κ2) is 5.85. The van der Waals surface area contributed by atoms with E-state index in [9.17, 15) is 4.79 Å². The Labute approximate surface area is 114 Å². The maximum Gasteiger partial charge on any atom is 0.265 e. The van der Waals surface area contributed by atoms with Crippen LogP contribution < -0.4 is 5.43 Å². The summed E-state index contributed by atoms with van der Waals surface area (Å²) < 4.78 is 0. The standard InChI is InChI=1S/C15H19N3O/c1-11-5-3-6-12(2)18(11)17-15(19)14-8-4-7-13(9-14)10-16/h4,7-9,11-12H,3,5-6H2,1-2H3,(H,17,19). The highest BCUT2D eigenvalue weighted by Gasteiger charge is 2.26. The Morgan fingerprint density at radius 3 is 2.68 bits per heavy atom. The summed E-state index contributed by atoms with van der Waals surface area (Å²) in [6.45, 7) is 4.25. The van der Waals surface area contributed by atoms with E-state index in [-0.39, 0.29) is 5.91 Å². The first-order valence-corrected chi connectivity index (χ1v) is 6.71. The number of hydrogen-bond donors (Lipinski definition) is 1. The van der Waals surface area contributed by atoms with Crippen LogP contribution in [0.5, 0.6) is 0 Å². The van der Waals surface area contributed by atoms with Gasteiger partial charge in [-0.25, -0.2) is 5.01 Å². The number of piperidine rings is 1. The van der Waals surface area contributed by atoms with E-state index in [4.69, 9.17) is 5.26 Å². The minimum atomic E-state index is -0.141. The molecule has 1 heterocycles. The zero-order valence-electron chi connectivity index (χ0n) is 11.4. The summed E-state index contributed by atoms with van der Waals surface area (Å²) in [7, 11) is 0. The van der Waals surface area contributed by atoms with Crippen LogP contribution >= 0.6 is 0 Å².